The molecule has 0 atom stereocenters. The Hall–Kier alpha value is -1.96. The van der Waals surface area contributed by atoms with Gasteiger partial charge in [0.05, 0.1) is 31.8 Å². The minimum absolute atomic E-state index is 0.0306. The van der Waals surface area contributed by atoms with Crippen molar-refractivity contribution in [2.75, 3.05) is 34.4 Å². The first kappa shape index (κ1) is 21.7. The molecule has 2 fully saturated rings. The van der Waals surface area contributed by atoms with Crippen LogP contribution in [0.4, 0.5) is 0 Å². The topological polar surface area (TPSA) is 82.1 Å². The molecule has 1 aliphatic carbocycles. The minimum Gasteiger partial charge on any atom is -0.493 e. The van der Waals surface area contributed by atoms with Crippen LogP contribution in [-0.4, -0.2) is 64.1 Å². The highest BCUT2D eigenvalue weighted by atomic mass is 32.2. The number of ether oxygens (including phenoxy) is 3. The third-order valence-corrected chi connectivity index (χ3v) is 8.70. The minimum atomic E-state index is -3.13. The van der Waals surface area contributed by atoms with Crippen molar-refractivity contribution in [3.63, 3.8) is 0 Å². The van der Waals surface area contributed by atoms with Gasteiger partial charge in [0.15, 0.2) is 21.3 Å². The maximum atomic E-state index is 12.7. The van der Waals surface area contributed by atoms with E-state index >= 15 is 0 Å². The number of methoxy groups -OCH3 is 3. The highest BCUT2D eigenvalue weighted by Crippen LogP contribution is 2.40. The van der Waals surface area contributed by atoms with Gasteiger partial charge in [-0.05, 0) is 30.9 Å². The maximum absolute atomic E-state index is 12.7. The summed E-state index contributed by atoms with van der Waals surface area (Å²) in [5.74, 6) is 1.60. The van der Waals surface area contributed by atoms with E-state index in [0.717, 1.165) is 37.7 Å². The molecule has 0 radical (unpaired) electrons. The summed E-state index contributed by atoms with van der Waals surface area (Å²) in [7, 11) is 1.53. The first-order valence-corrected chi connectivity index (χ1v) is 11.8. The lowest BCUT2D eigenvalue weighted by Gasteiger charge is -2.41. The fourth-order valence-corrected chi connectivity index (χ4v) is 6.59. The van der Waals surface area contributed by atoms with Crippen LogP contribution in [0.25, 0.3) is 0 Å². The lowest BCUT2D eigenvalue weighted by atomic mass is 10.0. The van der Waals surface area contributed by atoms with Gasteiger partial charge in [-0.3, -0.25) is 4.79 Å². The summed E-state index contributed by atoms with van der Waals surface area (Å²) >= 11 is 0. The van der Waals surface area contributed by atoms with E-state index in [2.05, 4.69) is 0 Å². The predicted octanol–water partition coefficient (Wildman–Crippen LogP) is 2.60. The number of hydrogen-bond donors (Lipinski definition) is 0. The standard InChI is InChI=1S/C21H31NO6S/c1-26-18-11-9-15(20(27-2)21(18)28-3)10-12-19(23)22-13-17(14-22)29(24,25)16-7-5-4-6-8-16/h9,11,16-17H,4-8,10,12-14H2,1-3H3. The van der Waals surface area contributed by atoms with Crippen LogP contribution in [0.2, 0.25) is 0 Å². The van der Waals surface area contributed by atoms with E-state index in [1.807, 2.05) is 6.07 Å². The molecule has 3 rings (SSSR count). The van der Waals surface area contributed by atoms with Gasteiger partial charge in [0.2, 0.25) is 11.7 Å². The van der Waals surface area contributed by atoms with Crippen molar-refractivity contribution < 1.29 is 27.4 Å². The molecule has 0 aromatic heterocycles. The second kappa shape index (κ2) is 9.24. The van der Waals surface area contributed by atoms with Gasteiger partial charge in [-0.1, -0.05) is 25.3 Å². The molecule has 1 aliphatic heterocycles. The van der Waals surface area contributed by atoms with Crippen LogP contribution in [0.15, 0.2) is 12.1 Å². The molecule has 7 nitrogen and oxygen atoms in total. The molecule has 29 heavy (non-hydrogen) atoms. The quantitative estimate of drug-likeness (QED) is 0.637. The van der Waals surface area contributed by atoms with Crippen molar-refractivity contribution in [1.82, 2.24) is 4.90 Å². The van der Waals surface area contributed by atoms with Crippen molar-refractivity contribution in [3.05, 3.63) is 17.7 Å². The normalized spacial score (nSPS) is 18.2. The highest BCUT2D eigenvalue weighted by Gasteiger charge is 2.43. The van der Waals surface area contributed by atoms with Crippen LogP contribution >= 0.6 is 0 Å². The molecule has 1 saturated heterocycles. The maximum Gasteiger partial charge on any atom is 0.222 e. The number of sulfone groups is 1. The first-order valence-electron chi connectivity index (χ1n) is 10.2. The summed E-state index contributed by atoms with van der Waals surface area (Å²) < 4.78 is 41.6. The number of nitrogens with zero attached hydrogens (tertiary/aromatic N) is 1. The van der Waals surface area contributed by atoms with Crippen molar-refractivity contribution >= 4 is 15.7 Å². The molecule has 1 aromatic carbocycles. The van der Waals surface area contributed by atoms with E-state index in [-0.39, 0.29) is 11.2 Å². The molecule has 1 aromatic rings. The van der Waals surface area contributed by atoms with Crippen molar-refractivity contribution in [2.45, 2.75) is 55.4 Å². The molecule has 1 heterocycles. The van der Waals surface area contributed by atoms with Crippen LogP contribution < -0.4 is 14.2 Å². The Bertz CT molecular complexity index is 826. The average molecular weight is 426 g/mol. The molecule has 1 amide bonds. The molecule has 8 heteroatoms. The van der Waals surface area contributed by atoms with E-state index in [1.54, 1.807) is 32.3 Å². The number of rotatable bonds is 8. The van der Waals surface area contributed by atoms with Crippen LogP contribution in [0.3, 0.4) is 0 Å². The number of hydrogen-bond acceptors (Lipinski definition) is 6. The van der Waals surface area contributed by atoms with Crippen LogP contribution in [-0.2, 0) is 21.1 Å². The van der Waals surface area contributed by atoms with Crippen molar-refractivity contribution in [1.29, 1.82) is 0 Å². The molecule has 0 spiro atoms. The SMILES string of the molecule is COc1ccc(CCC(=O)N2CC(S(=O)(=O)C3CCCCC3)C2)c(OC)c1OC. The molecule has 0 bridgehead atoms. The van der Waals surface area contributed by atoms with Gasteiger partial charge < -0.3 is 19.1 Å². The fraction of sp³-hybridized carbons (Fsp3) is 0.667. The van der Waals surface area contributed by atoms with Gasteiger partial charge in [-0.15, -0.1) is 0 Å². The largest absolute Gasteiger partial charge is 0.493 e. The zero-order chi connectivity index (χ0) is 21.0. The Labute approximate surface area is 173 Å². The number of carbonyl (C=O) groups is 1. The average Bonchev–Trinajstić information content (AvgIpc) is 2.70. The van der Waals surface area contributed by atoms with E-state index in [9.17, 15) is 13.2 Å². The van der Waals surface area contributed by atoms with Gasteiger partial charge in [0.1, 0.15) is 0 Å². The number of likely N-dealkylation sites (tertiary alicyclic amines) is 1. The van der Waals surface area contributed by atoms with E-state index in [0.29, 0.717) is 43.2 Å². The van der Waals surface area contributed by atoms with Gasteiger partial charge in [0, 0.05) is 19.5 Å². The Morgan fingerprint density at radius 2 is 1.62 bits per heavy atom. The summed E-state index contributed by atoms with van der Waals surface area (Å²) in [4.78, 5) is 14.2. The molecule has 1 saturated carbocycles. The Morgan fingerprint density at radius 1 is 0.966 bits per heavy atom. The summed E-state index contributed by atoms with van der Waals surface area (Å²) in [6.45, 7) is 0.640. The Kier molecular flexibility index (Phi) is 6.93. The predicted molar refractivity (Wildman–Crippen MR) is 111 cm³/mol. The van der Waals surface area contributed by atoms with Gasteiger partial charge in [-0.25, -0.2) is 8.42 Å². The molecular weight excluding hydrogens is 394 g/mol. The number of aryl methyl sites for hydroxylation is 1. The number of carbonyl (C=O) groups excluding carboxylic acids is 1. The van der Waals surface area contributed by atoms with Gasteiger partial charge >= 0.3 is 0 Å². The third kappa shape index (κ3) is 4.47. The lowest BCUT2D eigenvalue weighted by molar-refractivity contribution is -0.134. The molecular formula is C21H31NO6S. The summed E-state index contributed by atoms with van der Waals surface area (Å²) in [5, 5.41) is -0.611. The first-order chi connectivity index (χ1) is 13.9. The van der Waals surface area contributed by atoms with Crippen LogP contribution in [0.1, 0.15) is 44.1 Å². The molecule has 0 N–H and O–H groups in total. The van der Waals surface area contributed by atoms with Crippen molar-refractivity contribution in [2.24, 2.45) is 0 Å². The summed E-state index contributed by atoms with van der Waals surface area (Å²) in [6, 6.07) is 3.65. The number of benzene rings is 1. The van der Waals surface area contributed by atoms with Crippen molar-refractivity contribution in [3.8, 4) is 17.2 Å². The van der Waals surface area contributed by atoms with Gasteiger partial charge in [-0.2, -0.15) is 0 Å². The zero-order valence-electron chi connectivity index (χ0n) is 17.5. The monoisotopic (exact) mass is 425 g/mol. The second-order valence-corrected chi connectivity index (χ2v) is 10.3. The zero-order valence-corrected chi connectivity index (χ0v) is 18.3. The van der Waals surface area contributed by atoms with Crippen LogP contribution in [0, 0.1) is 0 Å². The third-order valence-electron chi connectivity index (χ3n) is 6.08. The second-order valence-electron chi connectivity index (χ2n) is 7.76. The van der Waals surface area contributed by atoms with E-state index in [4.69, 9.17) is 14.2 Å². The molecule has 162 valence electrons. The Balaban J connectivity index is 1.56. The summed E-state index contributed by atoms with van der Waals surface area (Å²) in [6.07, 6.45) is 5.43. The number of amides is 1. The Morgan fingerprint density at radius 3 is 2.21 bits per heavy atom. The molecule has 0 unspecified atom stereocenters. The fourth-order valence-electron chi connectivity index (χ4n) is 4.28. The lowest BCUT2D eigenvalue weighted by Crippen LogP contribution is -2.58. The smallest absolute Gasteiger partial charge is 0.222 e. The summed E-state index contributed by atoms with van der Waals surface area (Å²) in [5.41, 5.74) is 0.852. The highest BCUT2D eigenvalue weighted by molar-refractivity contribution is 7.92. The molecule has 2 aliphatic rings. The van der Waals surface area contributed by atoms with Gasteiger partial charge in [0.25, 0.3) is 0 Å². The van der Waals surface area contributed by atoms with Crippen LogP contribution in [0.5, 0.6) is 17.2 Å². The van der Waals surface area contributed by atoms with E-state index < -0.39 is 15.1 Å². The van der Waals surface area contributed by atoms with E-state index in [1.165, 1.54) is 0 Å².